The van der Waals surface area contributed by atoms with Gasteiger partial charge in [-0.1, -0.05) is 57.4 Å². The number of halogens is 2. The molecule has 1 aromatic rings. The second kappa shape index (κ2) is 12.7. The number of anilines is 1. The molecular weight excluding hydrogens is 585 g/mol. The molecular formula is C33H45ClFN5O4. The molecule has 44 heavy (non-hydrogen) atoms. The number of hydrogen-bond donors (Lipinski definition) is 2. The van der Waals surface area contributed by atoms with Crippen molar-refractivity contribution >= 4 is 35.0 Å². The van der Waals surface area contributed by atoms with Crippen LogP contribution in [0.4, 0.5) is 10.1 Å². The van der Waals surface area contributed by atoms with Gasteiger partial charge in [-0.15, -0.1) is 0 Å². The zero-order valence-corrected chi connectivity index (χ0v) is 26.7. The first kappa shape index (κ1) is 31.5. The predicted molar refractivity (Wildman–Crippen MR) is 167 cm³/mol. The number of ether oxygens (including phenoxy) is 1. The van der Waals surface area contributed by atoms with Crippen LogP contribution < -0.4 is 10.6 Å². The third kappa shape index (κ3) is 5.67. The molecule has 1 spiro atoms. The second-order valence-corrected chi connectivity index (χ2v) is 13.8. The normalized spacial score (nSPS) is 35.2. The molecule has 4 fully saturated rings. The Bertz CT molecular complexity index is 1300. The van der Waals surface area contributed by atoms with Crippen LogP contribution in [0.3, 0.4) is 0 Å². The average Bonchev–Trinajstić information content (AvgIpc) is 3.65. The SMILES string of the molecule is CCN1CCN(CCCN2C(=O)[C@@H]3[C@H](C(=O)Nc4ccc(F)c(Cl)c4)[C@@H]4C=C[C@@]3(O4)[C@@H]2C(=O)N[C@@H]2CCC[C@H](C)[C@@H]2C)CC1. The number of likely N-dealkylation sites (tertiary alicyclic amines) is 1. The molecule has 0 unspecified atom stereocenters. The zero-order chi connectivity index (χ0) is 31.2. The Morgan fingerprint density at radius 1 is 1.09 bits per heavy atom. The van der Waals surface area contributed by atoms with Crippen LogP contribution in [0.5, 0.6) is 0 Å². The molecule has 4 aliphatic heterocycles. The molecule has 240 valence electrons. The minimum absolute atomic E-state index is 0.0263. The summed E-state index contributed by atoms with van der Waals surface area (Å²) in [6.45, 7) is 12.9. The summed E-state index contributed by atoms with van der Waals surface area (Å²) in [6.07, 6.45) is 6.84. The van der Waals surface area contributed by atoms with Crippen LogP contribution in [-0.2, 0) is 19.1 Å². The summed E-state index contributed by atoms with van der Waals surface area (Å²) in [4.78, 5) is 48.7. The summed E-state index contributed by atoms with van der Waals surface area (Å²) in [5, 5.41) is 6.02. The van der Waals surface area contributed by atoms with Gasteiger partial charge >= 0.3 is 0 Å². The van der Waals surface area contributed by atoms with E-state index in [1.54, 1.807) is 4.90 Å². The largest absolute Gasteiger partial charge is 0.359 e. The van der Waals surface area contributed by atoms with E-state index in [1.807, 2.05) is 12.2 Å². The Morgan fingerprint density at radius 2 is 1.84 bits per heavy atom. The Labute approximate surface area is 264 Å². The van der Waals surface area contributed by atoms with Gasteiger partial charge in [0.25, 0.3) is 0 Å². The number of carbonyl (C=O) groups excluding carboxylic acids is 3. The van der Waals surface area contributed by atoms with Crippen LogP contribution in [0.2, 0.25) is 5.02 Å². The first-order chi connectivity index (χ1) is 21.1. The smallest absolute Gasteiger partial charge is 0.246 e. The van der Waals surface area contributed by atoms with E-state index < -0.39 is 41.3 Å². The van der Waals surface area contributed by atoms with Crippen molar-refractivity contribution in [3.8, 4) is 0 Å². The van der Waals surface area contributed by atoms with Crippen molar-refractivity contribution in [3.05, 3.63) is 41.2 Å². The number of hydrogen-bond acceptors (Lipinski definition) is 6. The van der Waals surface area contributed by atoms with Gasteiger partial charge in [0.2, 0.25) is 17.7 Å². The molecule has 8 atom stereocenters. The number of nitrogens with zero attached hydrogens (tertiary/aromatic N) is 3. The summed E-state index contributed by atoms with van der Waals surface area (Å²) in [7, 11) is 0. The lowest BCUT2D eigenvalue weighted by molar-refractivity contribution is -0.141. The molecule has 1 saturated carbocycles. The maximum absolute atomic E-state index is 14.3. The van der Waals surface area contributed by atoms with Gasteiger partial charge in [0.15, 0.2) is 0 Å². The quantitative estimate of drug-likeness (QED) is 0.406. The van der Waals surface area contributed by atoms with E-state index in [0.717, 1.165) is 65.0 Å². The van der Waals surface area contributed by atoms with Crippen molar-refractivity contribution < 1.29 is 23.5 Å². The lowest BCUT2D eigenvalue weighted by atomic mass is 9.73. The summed E-state index contributed by atoms with van der Waals surface area (Å²) in [5.74, 6) is -2.26. The molecule has 3 saturated heterocycles. The number of nitrogens with one attached hydrogen (secondary N) is 2. The molecule has 0 aromatic heterocycles. The highest BCUT2D eigenvalue weighted by atomic mass is 35.5. The van der Waals surface area contributed by atoms with Gasteiger partial charge in [-0.2, -0.15) is 0 Å². The van der Waals surface area contributed by atoms with Crippen molar-refractivity contribution in [1.29, 1.82) is 0 Å². The Balaban J connectivity index is 1.23. The zero-order valence-electron chi connectivity index (χ0n) is 25.9. The summed E-state index contributed by atoms with van der Waals surface area (Å²) in [5.41, 5.74) is -0.882. The van der Waals surface area contributed by atoms with Gasteiger partial charge in [-0.05, 0) is 56.0 Å². The Morgan fingerprint density at radius 3 is 2.57 bits per heavy atom. The van der Waals surface area contributed by atoms with Crippen molar-refractivity contribution in [3.63, 3.8) is 0 Å². The van der Waals surface area contributed by atoms with Gasteiger partial charge in [0.1, 0.15) is 17.5 Å². The number of fused-ring (bicyclic) bond motifs is 1. The van der Waals surface area contributed by atoms with E-state index in [0.29, 0.717) is 24.1 Å². The molecule has 2 N–H and O–H groups in total. The van der Waals surface area contributed by atoms with Crippen molar-refractivity contribution in [2.45, 2.75) is 70.2 Å². The highest BCUT2D eigenvalue weighted by molar-refractivity contribution is 6.31. The number of rotatable bonds is 9. The minimum Gasteiger partial charge on any atom is -0.359 e. The van der Waals surface area contributed by atoms with E-state index >= 15 is 0 Å². The Hall–Kier alpha value is -2.53. The minimum atomic E-state index is -1.22. The monoisotopic (exact) mass is 629 g/mol. The number of piperazine rings is 1. The van der Waals surface area contributed by atoms with E-state index in [2.05, 4.69) is 41.2 Å². The first-order valence-corrected chi connectivity index (χ1v) is 16.7. The molecule has 1 aliphatic carbocycles. The van der Waals surface area contributed by atoms with Crippen molar-refractivity contribution in [2.24, 2.45) is 23.7 Å². The van der Waals surface area contributed by atoms with Crippen molar-refractivity contribution in [1.82, 2.24) is 20.0 Å². The fourth-order valence-corrected chi connectivity index (χ4v) is 8.33. The summed E-state index contributed by atoms with van der Waals surface area (Å²) >= 11 is 5.95. The maximum Gasteiger partial charge on any atom is 0.246 e. The summed E-state index contributed by atoms with van der Waals surface area (Å²) in [6, 6.07) is 3.14. The Kier molecular flexibility index (Phi) is 9.08. The molecule has 0 radical (unpaired) electrons. The highest BCUT2D eigenvalue weighted by Gasteiger charge is 2.72. The fourth-order valence-electron chi connectivity index (χ4n) is 8.15. The van der Waals surface area contributed by atoms with Crippen LogP contribution in [-0.4, -0.2) is 102 Å². The molecule has 6 rings (SSSR count). The molecule has 1 aromatic carbocycles. The van der Waals surface area contributed by atoms with Gasteiger partial charge in [0, 0.05) is 44.5 Å². The van der Waals surface area contributed by atoms with Crippen LogP contribution in [0.25, 0.3) is 0 Å². The van der Waals surface area contributed by atoms with Crippen LogP contribution >= 0.6 is 11.6 Å². The predicted octanol–water partition coefficient (Wildman–Crippen LogP) is 3.54. The van der Waals surface area contributed by atoms with Crippen LogP contribution in [0.1, 0.15) is 46.5 Å². The number of benzene rings is 1. The van der Waals surface area contributed by atoms with Crippen molar-refractivity contribution in [2.75, 3.05) is 51.1 Å². The topological polar surface area (TPSA) is 94.2 Å². The standard InChI is InChI=1S/C33H45ClFN5O4/c1-4-38-15-17-39(18-16-38)13-6-14-40-29(31(42)37-25-8-5-7-20(2)21(25)3)33-12-11-26(44-33)27(28(33)32(40)43)30(41)36-22-9-10-24(35)23(34)19-22/h9-12,19-21,25-29H,4-8,13-18H2,1-3H3,(H,36,41)(H,37,42)/t20-,21-,25+,26-,27+,28-,29-,33-/m0/s1. The molecule has 2 bridgehead atoms. The molecule has 5 aliphatic rings. The number of carbonyl (C=O) groups is 3. The molecule has 4 heterocycles. The van der Waals surface area contributed by atoms with Gasteiger partial charge in [-0.3, -0.25) is 14.4 Å². The van der Waals surface area contributed by atoms with E-state index in [9.17, 15) is 18.8 Å². The highest BCUT2D eigenvalue weighted by Crippen LogP contribution is 2.55. The fraction of sp³-hybridized carbons (Fsp3) is 0.667. The maximum atomic E-state index is 14.3. The van der Waals surface area contributed by atoms with E-state index in [1.165, 1.54) is 18.2 Å². The second-order valence-electron chi connectivity index (χ2n) is 13.4. The molecule has 9 nitrogen and oxygen atoms in total. The number of likely N-dealkylation sites (N-methyl/N-ethyl adjacent to an activating group) is 1. The van der Waals surface area contributed by atoms with Gasteiger partial charge in [-0.25, -0.2) is 4.39 Å². The van der Waals surface area contributed by atoms with E-state index in [-0.39, 0.29) is 22.9 Å². The van der Waals surface area contributed by atoms with Crippen LogP contribution in [0, 0.1) is 29.5 Å². The lowest BCUT2D eigenvalue weighted by Crippen LogP contribution is -2.58. The lowest BCUT2D eigenvalue weighted by Gasteiger charge is -2.38. The molecule has 11 heteroatoms. The third-order valence-corrected chi connectivity index (χ3v) is 11.2. The van der Waals surface area contributed by atoms with Crippen LogP contribution in [0.15, 0.2) is 30.4 Å². The summed E-state index contributed by atoms with van der Waals surface area (Å²) < 4.78 is 20.2. The van der Waals surface area contributed by atoms with Gasteiger partial charge in [0.05, 0.1) is 23.0 Å². The average molecular weight is 630 g/mol. The third-order valence-electron chi connectivity index (χ3n) is 10.9. The van der Waals surface area contributed by atoms with Gasteiger partial charge < -0.3 is 30.1 Å². The van der Waals surface area contributed by atoms with E-state index in [4.69, 9.17) is 16.3 Å². The first-order valence-electron chi connectivity index (χ1n) is 16.3. The number of amides is 3. The molecule has 3 amide bonds.